The summed E-state index contributed by atoms with van der Waals surface area (Å²) in [5.41, 5.74) is 9.04. The molecular weight excluding hydrogens is 511 g/mol. The van der Waals surface area contributed by atoms with Crippen LogP contribution in [0.2, 0.25) is 31.7 Å². The third kappa shape index (κ3) is 3.75. The van der Waals surface area contributed by atoms with E-state index in [-0.39, 0.29) is 5.41 Å². The largest absolute Gasteiger partial charge is 0.121 e. The van der Waals surface area contributed by atoms with Gasteiger partial charge in [-0.3, -0.25) is 0 Å². The molecule has 0 heterocycles. The zero-order valence-corrected chi connectivity index (χ0v) is 26.1. The summed E-state index contributed by atoms with van der Waals surface area (Å²) in [5.74, 6) is 0. The molecule has 5 rings (SSSR count). The Hall–Kier alpha value is -1.59. The van der Waals surface area contributed by atoms with Crippen LogP contribution >= 0.6 is 23.2 Å². The minimum Gasteiger partial charge on any atom is -0.113 e. The minimum absolute atomic E-state index is 0.0761. The van der Waals surface area contributed by atoms with Crippen LogP contribution < -0.4 is 0 Å². The fourth-order valence-electron chi connectivity index (χ4n) is 7.05. The lowest BCUT2D eigenvalue weighted by atomic mass is 10.0. The zero-order valence-electron chi connectivity index (χ0n) is 22.5. The topological polar surface area (TPSA) is 0 Å². The Morgan fingerprint density at radius 3 is 1.78 bits per heavy atom. The second-order valence-corrected chi connectivity index (χ2v) is 22.3. The maximum Gasteiger partial charge on any atom is 0.121 e. The van der Waals surface area contributed by atoms with E-state index in [1.165, 1.54) is 45.0 Å². The predicted molar refractivity (Wildman–Crippen MR) is 165 cm³/mol. The van der Waals surface area contributed by atoms with Crippen molar-refractivity contribution in [3.05, 3.63) is 101 Å². The van der Waals surface area contributed by atoms with Crippen LogP contribution in [0.1, 0.15) is 49.4 Å². The zero-order chi connectivity index (χ0) is 25.9. The van der Waals surface area contributed by atoms with E-state index >= 15 is 0 Å². The van der Waals surface area contributed by atoms with Gasteiger partial charge in [-0.1, -0.05) is 125 Å². The predicted octanol–water partition coefficient (Wildman–Crippen LogP) is 9.76. The molecule has 3 aromatic carbocycles. The van der Waals surface area contributed by atoms with E-state index < -0.39 is 25.9 Å². The van der Waals surface area contributed by atoms with Gasteiger partial charge in [0.1, 0.15) is 8.07 Å². The molecule has 2 atom stereocenters. The second kappa shape index (κ2) is 9.01. The summed E-state index contributed by atoms with van der Waals surface area (Å²) in [7, 11) is -3.43. The van der Waals surface area contributed by atoms with E-state index in [1.807, 2.05) is 0 Å². The molecule has 0 spiro atoms. The normalized spacial score (nSPS) is 21.5. The van der Waals surface area contributed by atoms with Gasteiger partial charge in [-0.2, -0.15) is 0 Å². The van der Waals surface area contributed by atoms with E-state index in [4.69, 9.17) is 23.2 Å². The van der Waals surface area contributed by atoms with Crippen molar-refractivity contribution in [1.29, 1.82) is 0 Å². The lowest BCUT2D eigenvalue weighted by Crippen LogP contribution is -2.64. The van der Waals surface area contributed by atoms with Crippen LogP contribution in [0, 0.1) is 5.41 Å². The number of fused-ring (bicyclic) bond motifs is 4. The number of benzene rings is 3. The average Bonchev–Trinajstić information content (AvgIpc) is 3.28. The summed E-state index contributed by atoms with van der Waals surface area (Å²) in [4.78, 5) is 0. The molecule has 0 amide bonds. The molecule has 36 heavy (non-hydrogen) atoms. The van der Waals surface area contributed by atoms with E-state index in [0.29, 0.717) is 0 Å². The number of allylic oxidation sites excluding steroid dienone is 1. The molecule has 0 aliphatic heterocycles. The highest BCUT2D eigenvalue weighted by molar-refractivity contribution is 6.96. The number of halogens is 2. The summed E-state index contributed by atoms with van der Waals surface area (Å²) >= 11 is 16.6. The highest BCUT2D eigenvalue weighted by Crippen LogP contribution is 2.67. The summed E-state index contributed by atoms with van der Waals surface area (Å²) in [5, 5.41) is 0. The van der Waals surface area contributed by atoms with Gasteiger partial charge in [0.15, 0.2) is 0 Å². The quantitative estimate of drug-likeness (QED) is 0.212. The van der Waals surface area contributed by atoms with Crippen LogP contribution in [-0.4, -0.2) is 16.9 Å². The molecule has 2 aliphatic rings. The Bertz CT molecular complexity index is 1290. The first-order valence-electron chi connectivity index (χ1n) is 13.3. The Morgan fingerprint density at radius 2 is 1.25 bits per heavy atom. The van der Waals surface area contributed by atoms with Crippen molar-refractivity contribution in [1.82, 2.24) is 0 Å². The van der Waals surface area contributed by atoms with E-state index in [9.17, 15) is 0 Å². The Labute approximate surface area is 230 Å². The average molecular weight is 550 g/mol. The highest BCUT2D eigenvalue weighted by Gasteiger charge is 2.68. The molecule has 0 aromatic heterocycles. The van der Waals surface area contributed by atoms with E-state index in [1.54, 1.807) is 0 Å². The number of hydrogen-bond donors (Lipinski definition) is 0. The Morgan fingerprint density at radius 1 is 0.750 bits per heavy atom. The molecule has 0 fully saturated rings. The van der Waals surface area contributed by atoms with Crippen molar-refractivity contribution in [2.75, 3.05) is 0 Å². The summed E-state index contributed by atoms with van der Waals surface area (Å²) in [6, 6.07) is 28.7. The molecule has 0 radical (unpaired) electrons. The first-order chi connectivity index (χ1) is 16.9. The standard InChI is InChI=1S/C32H38Cl2Si2/c1-30(2,3)22-36(6,31(33)24(19-20-35(4)5)21-23-13-7-10-16-27(23)31)32(34)28-17-11-8-14-25(28)26-15-9-12-18-29(26)32/h7-18,21,35H,19-20,22H2,1-6H3. The van der Waals surface area contributed by atoms with Crippen molar-refractivity contribution in [3.8, 4) is 11.1 Å². The van der Waals surface area contributed by atoms with Gasteiger partial charge in [-0.05, 0) is 56.8 Å². The van der Waals surface area contributed by atoms with Crippen molar-refractivity contribution in [2.45, 2.75) is 67.9 Å². The molecule has 0 N–H and O–H groups in total. The fraction of sp³-hybridized carbons (Fsp3) is 0.375. The van der Waals surface area contributed by atoms with E-state index in [0.717, 1.165) is 12.5 Å². The molecule has 4 heteroatoms. The third-order valence-corrected chi connectivity index (χ3v) is 19.1. The van der Waals surface area contributed by atoms with Gasteiger partial charge in [-0.15, -0.1) is 23.2 Å². The second-order valence-electron chi connectivity index (χ2n) is 12.7. The van der Waals surface area contributed by atoms with Crippen molar-refractivity contribution in [2.24, 2.45) is 5.41 Å². The SMILES string of the molecule is C[SiH](C)CCC1=Cc2ccccc2C1(Cl)[Si](C)(CC(C)(C)C)C1(Cl)c2ccccc2-c2ccccc21. The van der Waals surface area contributed by atoms with Crippen molar-refractivity contribution >= 4 is 46.1 Å². The maximum atomic E-state index is 8.29. The number of rotatable bonds is 6. The lowest BCUT2D eigenvalue weighted by Gasteiger charge is -2.54. The Balaban J connectivity index is 1.84. The van der Waals surface area contributed by atoms with Gasteiger partial charge >= 0.3 is 0 Å². The van der Waals surface area contributed by atoms with Crippen LogP contribution in [0.3, 0.4) is 0 Å². The molecule has 0 nitrogen and oxygen atoms in total. The van der Waals surface area contributed by atoms with Gasteiger partial charge in [0, 0.05) is 8.80 Å². The monoisotopic (exact) mass is 548 g/mol. The van der Waals surface area contributed by atoms with E-state index in [2.05, 4.69) is 119 Å². The van der Waals surface area contributed by atoms with Crippen LogP contribution in [0.25, 0.3) is 17.2 Å². The van der Waals surface area contributed by atoms with Gasteiger partial charge in [0.05, 0.1) is 8.99 Å². The number of hydrogen-bond acceptors (Lipinski definition) is 0. The van der Waals surface area contributed by atoms with Gasteiger partial charge < -0.3 is 0 Å². The molecule has 0 saturated carbocycles. The third-order valence-electron chi connectivity index (χ3n) is 8.39. The summed E-state index contributed by atoms with van der Waals surface area (Å²) < 4.78 is -1.21. The molecule has 0 bridgehead atoms. The highest BCUT2D eigenvalue weighted by atomic mass is 35.5. The first kappa shape index (κ1) is 26.0. The number of alkyl halides is 2. The molecule has 188 valence electrons. The Kier molecular flexibility index (Phi) is 6.52. The van der Waals surface area contributed by atoms with Crippen LogP contribution in [-0.2, 0) is 8.99 Å². The molecule has 2 unspecified atom stereocenters. The fourth-order valence-corrected chi connectivity index (χ4v) is 16.4. The lowest BCUT2D eigenvalue weighted by molar-refractivity contribution is 0.452. The molecular formula is C32H38Cl2Si2. The van der Waals surface area contributed by atoms with Gasteiger partial charge in [0.2, 0.25) is 0 Å². The smallest absolute Gasteiger partial charge is 0.113 e. The van der Waals surface area contributed by atoms with Crippen LogP contribution in [0.5, 0.6) is 0 Å². The van der Waals surface area contributed by atoms with Crippen LogP contribution in [0.15, 0.2) is 78.4 Å². The van der Waals surface area contributed by atoms with Gasteiger partial charge in [-0.25, -0.2) is 0 Å². The molecule has 3 aromatic rings. The van der Waals surface area contributed by atoms with Crippen LogP contribution in [0.4, 0.5) is 0 Å². The van der Waals surface area contributed by atoms with Crippen molar-refractivity contribution in [3.63, 3.8) is 0 Å². The molecule has 2 aliphatic carbocycles. The maximum absolute atomic E-state index is 8.29. The summed E-state index contributed by atoms with van der Waals surface area (Å²) in [6.07, 6.45) is 3.48. The summed E-state index contributed by atoms with van der Waals surface area (Å²) in [6.45, 7) is 14.5. The molecule has 0 saturated heterocycles. The van der Waals surface area contributed by atoms with Crippen molar-refractivity contribution < 1.29 is 0 Å². The van der Waals surface area contributed by atoms with Gasteiger partial charge in [0.25, 0.3) is 0 Å². The minimum atomic E-state index is -2.68. The first-order valence-corrected chi connectivity index (χ1v) is 19.9.